The first-order valence-corrected chi connectivity index (χ1v) is 17.3. The fourth-order valence-electron chi connectivity index (χ4n) is 6.52. The summed E-state index contributed by atoms with van der Waals surface area (Å²) in [5.74, 6) is -0.455. The van der Waals surface area contributed by atoms with Crippen molar-refractivity contribution in [1.82, 2.24) is 14.1 Å². The van der Waals surface area contributed by atoms with Gasteiger partial charge in [-0.05, 0) is 103 Å². The molecule has 7 nitrogen and oxygen atoms in total. The Kier molecular flexibility index (Phi) is 7.94. The molecule has 1 saturated carbocycles. The summed E-state index contributed by atoms with van der Waals surface area (Å²) in [5, 5.41) is 7.57. The molecule has 2 N–H and O–H groups in total. The van der Waals surface area contributed by atoms with Gasteiger partial charge in [0, 0.05) is 51.6 Å². The Morgan fingerprint density at radius 2 is 1.33 bits per heavy atom. The first-order valence-electron chi connectivity index (χ1n) is 15.1. The summed E-state index contributed by atoms with van der Waals surface area (Å²) in [6, 6.07) is 28.7. The quantitative estimate of drug-likeness (QED) is 0.174. The number of primary amides is 1. The number of rotatable bonds is 8. The van der Waals surface area contributed by atoms with Crippen LogP contribution in [0.3, 0.4) is 0 Å². The molecule has 0 spiro atoms. The van der Waals surface area contributed by atoms with Crippen LogP contribution in [0.15, 0.2) is 95.9 Å². The Morgan fingerprint density at radius 3 is 1.87 bits per heavy atom. The fraction of sp³-hybridized carbons (Fsp3) is 0.257. The van der Waals surface area contributed by atoms with Gasteiger partial charge in [0.25, 0.3) is 0 Å². The normalized spacial score (nSPS) is 16.4. The van der Waals surface area contributed by atoms with E-state index in [4.69, 9.17) is 34.0 Å². The molecule has 1 aliphatic carbocycles. The first kappa shape index (κ1) is 30.0. The number of amides is 1. The van der Waals surface area contributed by atoms with E-state index < -0.39 is 15.9 Å². The molecule has 1 amide bonds. The first-order chi connectivity index (χ1) is 21.7. The van der Waals surface area contributed by atoms with Crippen molar-refractivity contribution < 1.29 is 13.2 Å². The highest BCUT2D eigenvalue weighted by Crippen LogP contribution is 2.44. The van der Waals surface area contributed by atoms with Crippen molar-refractivity contribution in [3.05, 3.63) is 129 Å². The Morgan fingerprint density at radius 1 is 0.778 bits per heavy atom. The molecule has 2 fully saturated rings. The number of hydrogen-bond acceptors (Lipinski definition) is 4. The summed E-state index contributed by atoms with van der Waals surface area (Å²) in [5.41, 5.74) is 11.2. The average Bonchev–Trinajstić information content (AvgIpc) is 3.83. The van der Waals surface area contributed by atoms with E-state index in [9.17, 15) is 13.2 Å². The minimum Gasteiger partial charge on any atom is -0.366 e. The highest BCUT2D eigenvalue weighted by molar-refractivity contribution is 7.89. The zero-order chi connectivity index (χ0) is 31.3. The molecule has 1 saturated heterocycles. The van der Waals surface area contributed by atoms with Gasteiger partial charge in [0.15, 0.2) is 0 Å². The zero-order valence-corrected chi connectivity index (χ0v) is 26.8. The van der Waals surface area contributed by atoms with Crippen LogP contribution in [0.2, 0.25) is 10.0 Å². The molecule has 1 aromatic heterocycles. The second-order valence-electron chi connectivity index (χ2n) is 11.9. The van der Waals surface area contributed by atoms with Gasteiger partial charge in [-0.1, -0.05) is 53.5 Å². The summed E-state index contributed by atoms with van der Waals surface area (Å²) in [7, 11) is -3.70. The summed E-state index contributed by atoms with van der Waals surface area (Å²) in [6.07, 6.45) is 3.57. The number of carbonyl (C=O) groups excluding carboxylic acids is 1. The van der Waals surface area contributed by atoms with Crippen LogP contribution in [0.1, 0.15) is 76.3 Å². The third-order valence-corrected chi connectivity index (χ3v) is 11.4. The van der Waals surface area contributed by atoms with E-state index in [2.05, 4.69) is 47.1 Å². The predicted octanol–water partition coefficient (Wildman–Crippen LogP) is 7.53. The molecule has 0 unspecified atom stereocenters. The number of benzene rings is 4. The van der Waals surface area contributed by atoms with E-state index in [1.807, 2.05) is 24.3 Å². The maximum Gasteiger partial charge on any atom is 0.248 e. The second-order valence-corrected chi connectivity index (χ2v) is 14.8. The third-order valence-electron chi connectivity index (χ3n) is 9.01. The van der Waals surface area contributed by atoms with Crippen LogP contribution < -0.4 is 5.73 Å². The van der Waals surface area contributed by atoms with Gasteiger partial charge in [0.2, 0.25) is 15.9 Å². The lowest BCUT2D eigenvalue weighted by atomic mass is 9.84. The summed E-state index contributed by atoms with van der Waals surface area (Å²) in [6.45, 7) is 0.805. The van der Waals surface area contributed by atoms with Gasteiger partial charge in [-0.3, -0.25) is 9.48 Å². The van der Waals surface area contributed by atoms with Crippen LogP contribution >= 0.6 is 23.2 Å². The predicted molar refractivity (Wildman–Crippen MR) is 178 cm³/mol. The van der Waals surface area contributed by atoms with Gasteiger partial charge >= 0.3 is 0 Å². The smallest absolute Gasteiger partial charge is 0.248 e. The topological polar surface area (TPSA) is 98.3 Å². The fourth-order valence-corrected chi connectivity index (χ4v) is 8.24. The molecule has 2 heterocycles. The average molecular weight is 660 g/mol. The number of aromatic nitrogens is 2. The summed E-state index contributed by atoms with van der Waals surface area (Å²) < 4.78 is 30.7. The van der Waals surface area contributed by atoms with Gasteiger partial charge < -0.3 is 5.73 Å². The highest BCUT2D eigenvalue weighted by atomic mass is 35.5. The molecular formula is C35H32Cl2N4O3S. The van der Waals surface area contributed by atoms with Gasteiger partial charge in [-0.25, -0.2) is 8.42 Å². The van der Waals surface area contributed by atoms with Crippen molar-refractivity contribution in [2.24, 2.45) is 5.73 Å². The van der Waals surface area contributed by atoms with Crippen molar-refractivity contribution in [3.63, 3.8) is 0 Å². The van der Waals surface area contributed by atoms with Crippen molar-refractivity contribution in [2.45, 2.75) is 48.5 Å². The number of hydrogen-bond donors (Lipinski definition) is 1. The molecule has 1 aliphatic heterocycles. The number of carbonyl (C=O) groups is 1. The molecule has 45 heavy (non-hydrogen) atoms. The van der Waals surface area contributed by atoms with Gasteiger partial charge in [-0.15, -0.1) is 0 Å². The molecule has 10 heteroatoms. The lowest BCUT2D eigenvalue weighted by molar-refractivity contribution is 0.1000. The van der Waals surface area contributed by atoms with Crippen molar-refractivity contribution in [2.75, 3.05) is 13.1 Å². The van der Waals surface area contributed by atoms with E-state index in [-0.39, 0.29) is 22.3 Å². The lowest BCUT2D eigenvalue weighted by Gasteiger charge is -2.32. The standard InChI is InChI=1S/C35H32Cl2N4O3S/c36-27-8-1-22(2-9-27)33(23-3-10-28(37)11-4-23)26-7-16-32-31(21-26)34(41(39-32)29-12-13-29)24-17-19-40(20-18-24)45(43,44)30-14-5-25(6-15-30)35(38)42/h1-11,14-16,21,24,29,33H,12-13,17-20H2,(H2,38,42). The Balaban J connectivity index is 1.22. The maximum absolute atomic E-state index is 13.5. The summed E-state index contributed by atoms with van der Waals surface area (Å²) in [4.78, 5) is 11.6. The molecule has 7 rings (SSSR count). The molecule has 0 bridgehead atoms. The van der Waals surface area contributed by atoms with Gasteiger partial charge in [-0.2, -0.15) is 9.40 Å². The van der Waals surface area contributed by atoms with Crippen LogP contribution in [-0.4, -0.2) is 41.5 Å². The number of piperidine rings is 1. The highest BCUT2D eigenvalue weighted by Gasteiger charge is 2.35. The second kappa shape index (κ2) is 11.9. The molecule has 0 atom stereocenters. The number of sulfonamides is 1. The minimum atomic E-state index is -3.70. The van der Waals surface area contributed by atoms with Crippen LogP contribution in [0, 0.1) is 0 Å². The molecule has 230 valence electrons. The molecule has 0 radical (unpaired) electrons. The van der Waals surface area contributed by atoms with Crippen LogP contribution in [0.25, 0.3) is 10.9 Å². The number of halogens is 2. The minimum absolute atomic E-state index is 0.0333. The van der Waals surface area contributed by atoms with Crippen LogP contribution in [-0.2, 0) is 10.0 Å². The molecule has 5 aromatic rings. The maximum atomic E-state index is 13.5. The largest absolute Gasteiger partial charge is 0.366 e. The lowest BCUT2D eigenvalue weighted by Crippen LogP contribution is -2.38. The van der Waals surface area contributed by atoms with E-state index in [1.165, 1.54) is 30.0 Å². The summed E-state index contributed by atoms with van der Waals surface area (Å²) >= 11 is 12.5. The zero-order valence-electron chi connectivity index (χ0n) is 24.4. The van der Waals surface area contributed by atoms with Crippen molar-refractivity contribution in [1.29, 1.82) is 0 Å². The van der Waals surface area contributed by atoms with E-state index in [0.717, 1.165) is 40.4 Å². The monoisotopic (exact) mass is 658 g/mol. The Labute approximate surface area is 272 Å². The molecule has 2 aliphatic rings. The van der Waals surface area contributed by atoms with Gasteiger partial charge in [0.05, 0.1) is 16.5 Å². The number of nitrogens with two attached hydrogens (primary N) is 1. The SMILES string of the molecule is NC(=O)c1ccc(S(=O)(=O)N2CCC(c3c4cc(C(c5ccc(Cl)cc5)c5ccc(Cl)cc5)ccc4nn3C3CC3)CC2)cc1. The third kappa shape index (κ3) is 5.88. The molecule has 4 aromatic carbocycles. The number of fused-ring (bicyclic) bond motifs is 1. The Bertz CT molecular complexity index is 1930. The van der Waals surface area contributed by atoms with E-state index in [1.54, 1.807) is 4.31 Å². The van der Waals surface area contributed by atoms with Crippen LogP contribution in [0.5, 0.6) is 0 Å². The molecular weight excluding hydrogens is 627 g/mol. The van der Waals surface area contributed by atoms with Gasteiger partial charge in [0.1, 0.15) is 0 Å². The number of nitrogens with zero attached hydrogens (tertiary/aromatic N) is 3. The van der Waals surface area contributed by atoms with E-state index >= 15 is 0 Å². The van der Waals surface area contributed by atoms with Crippen LogP contribution in [0.4, 0.5) is 0 Å². The van der Waals surface area contributed by atoms with E-state index in [0.29, 0.717) is 42.0 Å². The van der Waals surface area contributed by atoms with Crippen molar-refractivity contribution >= 4 is 50.0 Å². The Hall–Kier alpha value is -3.69. The van der Waals surface area contributed by atoms with Crippen molar-refractivity contribution in [3.8, 4) is 0 Å².